The lowest BCUT2D eigenvalue weighted by Gasteiger charge is -2.08. The lowest BCUT2D eigenvalue weighted by molar-refractivity contribution is 0.478. The third kappa shape index (κ3) is 2.03. The van der Waals surface area contributed by atoms with Crippen molar-refractivity contribution in [1.82, 2.24) is 0 Å². The van der Waals surface area contributed by atoms with Crippen LogP contribution in [0.4, 0.5) is 0 Å². The minimum Gasteiger partial charge on any atom is -0.512 e. The molecule has 0 aromatic heterocycles. The van der Waals surface area contributed by atoms with Crippen LogP contribution in [-0.2, 0) is 6.42 Å². The van der Waals surface area contributed by atoms with Gasteiger partial charge in [-0.1, -0.05) is 24.3 Å². The second-order valence-corrected chi connectivity index (χ2v) is 5.96. The maximum Gasteiger partial charge on any atom is 0.100 e. The lowest BCUT2D eigenvalue weighted by atomic mass is 9.99. The van der Waals surface area contributed by atoms with E-state index in [1.54, 1.807) is 0 Å². The molecular weight excluding hydrogens is 232 g/mol. The molecule has 0 amide bonds. The van der Waals surface area contributed by atoms with E-state index in [1.807, 2.05) is 0 Å². The van der Waals surface area contributed by atoms with Crippen LogP contribution in [0.3, 0.4) is 0 Å². The Labute approximate surface area is 112 Å². The molecule has 96 valence electrons. The van der Waals surface area contributed by atoms with Gasteiger partial charge in [0.05, 0.1) is 0 Å². The standard InChI is InChI=1S/C18H18O/c19-18-3-1-2-15-10-14-7-6-13(8-12-4-5-12)9-16(14)11-17(15)18/h2,6-7,9-12,19H,1,3-5,8H2. The summed E-state index contributed by atoms with van der Waals surface area (Å²) < 4.78 is 0. The summed E-state index contributed by atoms with van der Waals surface area (Å²) in [5.41, 5.74) is 1.44. The lowest BCUT2D eigenvalue weighted by Crippen LogP contribution is -2.29. The Morgan fingerprint density at radius 3 is 2.79 bits per heavy atom. The molecule has 19 heavy (non-hydrogen) atoms. The highest BCUT2D eigenvalue weighted by Crippen LogP contribution is 2.33. The molecule has 4 rings (SSSR count). The maximum absolute atomic E-state index is 10.0. The molecule has 0 radical (unpaired) electrons. The summed E-state index contributed by atoms with van der Waals surface area (Å²) >= 11 is 0. The number of hydrogen-bond acceptors (Lipinski definition) is 1. The molecule has 0 saturated heterocycles. The Bertz CT molecular complexity index is 766. The summed E-state index contributed by atoms with van der Waals surface area (Å²) in [4.78, 5) is 0. The predicted octanol–water partition coefficient (Wildman–Crippen LogP) is 3.03. The van der Waals surface area contributed by atoms with Crippen molar-refractivity contribution in [2.24, 2.45) is 5.92 Å². The number of aliphatic hydroxyl groups excluding tert-OH is 1. The zero-order chi connectivity index (χ0) is 12.8. The molecule has 2 aliphatic rings. The Hall–Kier alpha value is -1.76. The number of aliphatic hydroxyl groups is 1. The van der Waals surface area contributed by atoms with Crippen molar-refractivity contribution in [3.63, 3.8) is 0 Å². The Morgan fingerprint density at radius 2 is 1.95 bits per heavy atom. The Morgan fingerprint density at radius 1 is 1.05 bits per heavy atom. The highest BCUT2D eigenvalue weighted by atomic mass is 16.3. The molecule has 1 fully saturated rings. The van der Waals surface area contributed by atoms with Gasteiger partial charge in [0.25, 0.3) is 0 Å². The highest BCUT2D eigenvalue weighted by Gasteiger charge is 2.21. The summed E-state index contributed by atoms with van der Waals surface area (Å²) in [6, 6.07) is 11.2. The zero-order valence-electron chi connectivity index (χ0n) is 11.0. The average Bonchev–Trinajstić information content (AvgIpc) is 3.21. The largest absolute Gasteiger partial charge is 0.512 e. The van der Waals surface area contributed by atoms with Crippen molar-refractivity contribution >= 4 is 22.6 Å². The SMILES string of the molecule is OC1=c2cc3cc(CC4CC4)ccc3cc2=CCC1. The van der Waals surface area contributed by atoms with Gasteiger partial charge in [-0.05, 0) is 65.3 Å². The van der Waals surface area contributed by atoms with Gasteiger partial charge in [-0.15, -0.1) is 0 Å². The van der Waals surface area contributed by atoms with Crippen LogP contribution >= 0.6 is 0 Å². The molecule has 1 heteroatoms. The van der Waals surface area contributed by atoms with Crippen molar-refractivity contribution in [3.8, 4) is 0 Å². The van der Waals surface area contributed by atoms with Gasteiger partial charge in [0, 0.05) is 11.6 Å². The summed E-state index contributed by atoms with van der Waals surface area (Å²) in [5, 5.41) is 14.8. The van der Waals surface area contributed by atoms with Crippen molar-refractivity contribution in [2.75, 3.05) is 0 Å². The van der Waals surface area contributed by atoms with Gasteiger partial charge < -0.3 is 5.11 Å². The van der Waals surface area contributed by atoms with E-state index in [1.165, 1.54) is 40.8 Å². The molecule has 1 N–H and O–H groups in total. The van der Waals surface area contributed by atoms with Gasteiger partial charge in [0.1, 0.15) is 5.76 Å². The minimum atomic E-state index is 0.548. The fourth-order valence-electron chi connectivity index (χ4n) is 3.06. The van der Waals surface area contributed by atoms with Gasteiger partial charge in [-0.2, -0.15) is 0 Å². The maximum atomic E-state index is 10.0. The summed E-state index contributed by atoms with van der Waals surface area (Å²) in [5.74, 6) is 1.47. The van der Waals surface area contributed by atoms with E-state index in [4.69, 9.17) is 0 Å². The molecule has 0 aliphatic heterocycles. The van der Waals surface area contributed by atoms with Crippen LogP contribution in [0.5, 0.6) is 0 Å². The van der Waals surface area contributed by atoms with Crippen LogP contribution in [0.2, 0.25) is 0 Å². The van der Waals surface area contributed by atoms with E-state index in [2.05, 4.69) is 36.4 Å². The predicted molar refractivity (Wildman–Crippen MR) is 79.4 cm³/mol. The molecular formula is C18H18O. The van der Waals surface area contributed by atoms with E-state index in [9.17, 15) is 5.11 Å². The van der Waals surface area contributed by atoms with Crippen LogP contribution in [0.25, 0.3) is 22.6 Å². The van der Waals surface area contributed by atoms with E-state index < -0.39 is 0 Å². The average molecular weight is 250 g/mol. The summed E-state index contributed by atoms with van der Waals surface area (Å²) in [6.45, 7) is 0. The van der Waals surface area contributed by atoms with Gasteiger partial charge in [0.15, 0.2) is 0 Å². The van der Waals surface area contributed by atoms with E-state index in [0.29, 0.717) is 5.76 Å². The third-order valence-corrected chi connectivity index (χ3v) is 4.35. The van der Waals surface area contributed by atoms with E-state index >= 15 is 0 Å². The first-order chi connectivity index (χ1) is 9.29. The topological polar surface area (TPSA) is 20.2 Å². The minimum absolute atomic E-state index is 0.548. The van der Waals surface area contributed by atoms with Crippen molar-refractivity contribution in [2.45, 2.75) is 32.1 Å². The van der Waals surface area contributed by atoms with Crippen LogP contribution in [-0.4, -0.2) is 5.11 Å². The first-order valence-electron chi connectivity index (χ1n) is 7.25. The van der Waals surface area contributed by atoms with Gasteiger partial charge in [-0.25, -0.2) is 0 Å². The molecule has 0 heterocycles. The summed E-state index contributed by atoms with van der Waals surface area (Å²) in [6.07, 6.45) is 7.96. The fourth-order valence-corrected chi connectivity index (χ4v) is 3.06. The monoisotopic (exact) mass is 250 g/mol. The molecule has 2 aromatic carbocycles. The van der Waals surface area contributed by atoms with Gasteiger partial charge >= 0.3 is 0 Å². The normalized spacial score (nSPS) is 18.2. The first kappa shape index (κ1) is 11.1. The molecule has 0 spiro atoms. The highest BCUT2D eigenvalue weighted by molar-refractivity contribution is 5.84. The van der Waals surface area contributed by atoms with E-state index in [-0.39, 0.29) is 0 Å². The number of hydrogen-bond donors (Lipinski definition) is 1. The van der Waals surface area contributed by atoms with Crippen molar-refractivity contribution in [3.05, 3.63) is 46.3 Å². The molecule has 2 aliphatic carbocycles. The van der Waals surface area contributed by atoms with Crippen molar-refractivity contribution < 1.29 is 5.11 Å². The third-order valence-electron chi connectivity index (χ3n) is 4.35. The molecule has 2 aromatic rings. The van der Waals surface area contributed by atoms with E-state index in [0.717, 1.165) is 24.0 Å². The first-order valence-corrected chi connectivity index (χ1v) is 7.25. The zero-order valence-corrected chi connectivity index (χ0v) is 11.0. The molecule has 0 bridgehead atoms. The molecule has 1 saturated carbocycles. The molecule has 1 nitrogen and oxygen atoms in total. The van der Waals surface area contributed by atoms with Crippen LogP contribution in [0.15, 0.2) is 30.3 Å². The van der Waals surface area contributed by atoms with Crippen LogP contribution < -0.4 is 10.4 Å². The quantitative estimate of drug-likeness (QED) is 0.868. The Kier molecular flexibility index (Phi) is 2.41. The molecule has 0 atom stereocenters. The second kappa shape index (κ2) is 4.12. The van der Waals surface area contributed by atoms with Crippen LogP contribution in [0.1, 0.15) is 31.2 Å². The van der Waals surface area contributed by atoms with Gasteiger partial charge in [-0.3, -0.25) is 0 Å². The van der Waals surface area contributed by atoms with Crippen molar-refractivity contribution in [1.29, 1.82) is 0 Å². The number of fused-ring (bicyclic) bond motifs is 2. The van der Waals surface area contributed by atoms with Gasteiger partial charge in [0.2, 0.25) is 0 Å². The van der Waals surface area contributed by atoms with Crippen LogP contribution in [0, 0.1) is 5.92 Å². The second-order valence-electron chi connectivity index (χ2n) is 5.96. The smallest absolute Gasteiger partial charge is 0.100 e. The fraction of sp³-hybridized carbons (Fsp3) is 0.333. The number of benzene rings is 2. The molecule has 0 unspecified atom stereocenters. The Balaban J connectivity index is 1.91. The number of rotatable bonds is 2. The summed E-state index contributed by atoms with van der Waals surface area (Å²) in [7, 11) is 0.